The van der Waals surface area contributed by atoms with E-state index in [-0.39, 0.29) is 17.9 Å². The highest BCUT2D eigenvalue weighted by atomic mass is 16.5. The van der Waals surface area contributed by atoms with Gasteiger partial charge in [-0.3, -0.25) is 0 Å². The van der Waals surface area contributed by atoms with Crippen molar-refractivity contribution in [3.63, 3.8) is 0 Å². The van der Waals surface area contributed by atoms with E-state index in [0.29, 0.717) is 17.4 Å². The number of para-hydroxylation sites is 1. The molecule has 1 aliphatic heterocycles. The normalized spacial score (nSPS) is 21.2. The summed E-state index contributed by atoms with van der Waals surface area (Å²) in [4.78, 5) is 4.71. The summed E-state index contributed by atoms with van der Waals surface area (Å²) < 4.78 is 6.08. The summed E-state index contributed by atoms with van der Waals surface area (Å²) in [5, 5.41) is 9.99. The third kappa shape index (κ3) is 2.64. The molecule has 0 amide bonds. The highest BCUT2D eigenvalue weighted by Gasteiger charge is 2.35. The standard InChI is InChI=1S/C18H19NO2/c1-12(2)16-17(13-8-4-3-5-9-13)21-18(19-16)14-10-6-7-11-15(14)20/h3-12,16-17,20H,1-2H3/t16-,17+/m1/s1. The maximum absolute atomic E-state index is 9.99. The highest BCUT2D eigenvalue weighted by molar-refractivity contribution is 5.98. The fraction of sp³-hybridized carbons (Fsp3) is 0.278. The second kappa shape index (κ2) is 5.60. The van der Waals surface area contributed by atoms with Crippen LogP contribution >= 0.6 is 0 Å². The van der Waals surface area contributed by atoms with E-state index in [9.17, 15) is 5.11 Å². The minimum atomic E-state index is -0.0965. The fourth-order valence-electron chi connectivity index (χ4n) is 2.62. The van der Waals surface area contributed by atoms with Crippen molar-refractivity contribution in [2.45, 2.75) is 26.0 Å². The Morgan fingerprint density at radius 1 is 1.00 bits per heavy atom. The molecule has 2 aromatic carbocycles. The maximum atomic E-state index is 9.99. The van der Waals surface area contributed by atoms with Crippen molar-refractivity contribution in [2.75, 3.05) is 0 Å². The number of aliphatic imine (C=N–C) groups is 1. The fourth-order valence-corrected chi connectivity index (χ4v) is 2.62. The number of hydrogen-bond donors (Lipinski definition) is 1. The van der Waals surface area contributed by atoms with Gasteiger partial charge in [-0.25, -0.2) is 4.99 Å². The van der Waals surface area contributed by atoms with Crippen molar-refractivity contribution in [1.29, 1.82) is 0 Å². The van der Waals surface area contributed by atoms with Crippen LogP contribution in [-0.2, 0) is 4.74 Å². The van der Waals surface area contributed by atoms with Crippen molar-refractivity contribution in [3.8, 4) is 5.75 Å². The van der Waals surface area contributed by atoms with Crippen LogP contribution in [0.5, 0.6) is 5.75 Å². The lowest BCUT2D eigenvalue weighted by atomic mass is 9.94. The van der Waals surface area contributed by atoms with Gasteiger partial charge in [0, 0.05) is 0 Å². The SMILES string of the molecule is CC(C)[C@H]1N=C(c2ccccc2O)O[C@H]1c1ccccc1. The maximum Gasteiger partial charge on any atom is 0.221 e. The third-order valence-electron chi connectivity index (χ3n) is 3.76. The minimum Gasteiger partial charge on any atom is -0.507 e. The van der Waals surface area contributed by atoms with Gasteiger partial charge in [-0.15, -0.1) is 0 Å². The average Bonchev–Trinajstić information content (AvgIpc) is 2.94. The molecule has 0 bridgehead atoms. The van der Waals surface area contributed by atoms with Gasteiger partial charge in [0.1, 0.15) is 11.9 Å². The molecule has 108 valence electrons. The summed E-state index contributed by atoms with van der Waals surface area (Å²) in [5.41, 5.74) is 1.77. The predicted molar refractivity (Wildman–Crippen MR) is 83.5 cm³/mol. The second-order valence-electron chi connectivity index (χ2n) is 5.64. The minimum absolute atomic E-state index is 0.0574. The predicted octanol–water partition coefficient (Wildman–Crippen LogP) is 3.93. The zero-order valence-corrected chi connectivity index (χ0v) is 12.2. The van der Waals surface area contributed by atoms with Crippen molar-refractivity contribution < 1.29 is 9.84 Å². The summed E-state index contributed by atoms with van der Waals surface area (Å²) >= 11 is 0. The summed E-state index contributed by atoms with van der Waals surface area (Å²) in [6, 6.07) is 17.3. The van der Waals surface area contributed by atoms with E-state index in [2.05, 4.69) is 26.0 Å². The molecule has 0 spiro atoms. The Hall–Kier alpha value is -2.29. The molecule has 1 N–H and O–H groups in total. The van der Waals surface area contributed by atoms with Crippen molar-refractivity contribution in [1.82, 2.24) is 0 Å². The van der Waals surface area contributed by atoms with Crippen LogP contribution in [0, 0.1) is 5.92 Å². The van der Waals surface area contributed by atoms with Gasteiger partial charge in [0.25, 0.3) is 0 Å². The molecule has 0 fully saturated rings. The van der Waals surface area contributed by atoms with Crippen LogP contribution in [0.1, 0.15) is 31.1 Å². The Morgan fingerprint density at radius 2 is 1.67 bits per heavy atom. The molecular weight excluding hydrogens is 262 g/mol. The number of nitrogens with zero attached hydrogens (tertiary/aromatic N) is 1. The van der Waals surface area contributed by atoms with Gasteiger partial charge >= 0.3 is 0 Å². The molecule has 3 nitrogen and oxygen atoms in total. The number of ether oxygens (including phenoxy) is 1. The molecule has 1 heterocycles. The van der Waals surface area contributed by atoms with E-state index in [1.54, 1.807) is 12.1 Å². The molecule has 0 saturated carbocycles. The van der Waals surface area contributed by atoms with Crippen LogP contribution in [0.2, 0.25) is 0 Å². The van der Waals surface area contributed by atoms with Crippen LogP contribution in [0.25, 0.3) is 0 Å². The molecule has 21 heavy (non-hydrogen) atoms. The van der Waals surface area contributed by atoms with Gasteiger partial charge in [0.05, 0.1) is 11.6 Å². The molecule has 3 heteroatoms. The number of phenols is 1. The van der Waals surface area contributed by atoms with Crippen LogP contribution in [0.4, 0.5) is 0 Å². The average molecular weight is 281 g/mol. The Balaban J connectivity index is 1.96. The molecule has 2 aromatic rings. The van der Waals surface area contributed by atoms with Crippen molar-refractivity contribution in [3.05, 3.63) is 65.7 Å². The number of benzene rings is 2. The highest BCUT2D eigenvalue weighted by Crippen LogP contribution is 2.36. The van der Waals surface area contributed by atoms with E-state index in [0.717, 1.165) is 5.56 Å². The van der Waals surface area contributed by atoms with Crippen LogP contribution < -0.4 is 0 Å². The lowest BCUT2D eigenvalue weighted by Crippen LogP contribution is -2.19. The van der Waals surface area contributed by atoms with Crippen molar-refractivity contribution >= 4 is 5.90 Å². The zero-order chi connectivity index (χ0) is 14.8. The molecular formula is C18H19NO2. The molecule has 0 saturated heterocycles. The van der Waals surface area contributed by atoms with E-state index in [1.165, 1.54) is 0 Å². The topological polar surface area (TPSA) is 41.8 Å². The van der Waals surface area contributed by atoms with Crippen molar-refractivity contribution in [2.24, 2.45) is 10.9 Å². The van der Waals surface area contributed by atoms with E-state index >= 15 is 0 Å². The van der Waals surface area contributed by atoms with E-state index in [4.69, 9.17) is 9.73 Å². The Labute approximate surface area is 124 Å². The summed E-state index contributed by atoms with van der Waals surface area (Å²) in [5.74, 6) is 1.09. The first-order chi connectivity index (χ1) is 10.2. The van der Waals surface area contributed by atoms with E-state index < -0.39 is 0 Å². The first-order valence-electron chi connectivity index (χ1n) is 7.24. The molecule has 1 aliphatic rings. The van der Waals surface area contributed by atoms with Gasteiger partial charge in [-0.05, 0) is 23.6 Å². The van der Waals surface area contributed by atoms with Crippen LogP contribution in [0.15, 0.2) is 59.6 Å². The largest absolute Gasteiger partial charge is 0.507 e. The Bertz CT molecular complexity index is 649. The number of rotatable bonds is 3. The molecule has 3 rings (SSSR count). The van der Waals surface area contributed by atoms with Gasteiger partial charge in [-0.2, -0.15) is 0 Å². The van der Waals surface area contributed by atoms with Gasteiger partial charge in [0.2, 0.25) is 5.90 Å². The van der Waals surface area contributed by atoms with Gasteiger partial charge < -0.3 is 9.84 Å². The number of phenolic OH excluding ortho intramolecular Hbond substituents is 1. The summed E-state index contributed by atoms with van der Waals surface area (Å²) in [6.07, 6.45) is -0.0965. The van der Waals surface area contributed by atoms with Gasteiger partial charge in [0.15, 0.2) is 0 Å². The zero-order valence-electron chi connectivity index (χ0n) is 12.2. The molecule has 2 atom stereocenters. The third-order valence-corrected chi connectivity index (χ3v) is 3.76. The smallest absolute Gasteiger partial charge is 0.221 e. The Kier molecular flexibility index (Phi) is 3.65. The number of hydrogen-bond acceptors (Lipinski definition) is 3. The summed E-state index contributed by atoms with van der Waals surface area (Å²) in [7, 11) is 0. The van der Waals surface area contributed by atoms with Crippen LogP contribution in [-0.4, -0.2) is 17.0 Å². The monoisotopic (exact) mass is 281 g/mol. The second-order valence-corrected chi connectivity index (χ2v) is 5.64. The van der Waals surface area contributed by atoms with Gasteiger partial charge in [-0.1, -0.05) is 56.3 Å². The first-order valence-corrected chi connectivity index (χ1v) is 7.24. The summed E-state index contributed by atoms with van der Waals surface area (Å²) in [6.45, 7) is 4.28. The Morgan fingerprint density at radius 3 is 2.33 bits per heavy atom. The molecule has 0 radical (unpaired) electrons. The quantitative estimate of drug-likeness (QED) is 0.926. The molecule has 0 aliphatic carbocycles. The number of aromatic hydroxyl groups is 1. The van der Waals surface area contributed by atoms with E-state index in [1.807, 2.05) is 30.3 Å². The lowest BCUT2D eigenvalue weighted by Gasteiger charge is -2.20. The molecule has 0 unspecified atom stereocenters. The first kappa shape index (κ1) is 13.7. The molecule has 0 aromatic heterocycles. The lowest BCUT2D eigenvalue weighted by molar-refractivity contribution is 0.175. The van der Waals surface area contributed by atoms with Crippen LogP contribution in [0.3, 0.4) is 0 Å².